The van der Waals surface area contributed by atoms with Crippen LogP contribution in [0.5, 0.6) is 0 Å². The van der Waals surface area contributed by atoms with Crippen LogP contribution in [0.25, 0.3) is 0 Å². The van der Waals surface area contributed by atoms with Crippen molar-refractivity contribution in [1.82, 2.24) is 4.90 Å². The van der Waals surface area contributed by atoms with Gasteiger partial charge in [0.2, 0.25) is 0 Å². The zero-order valence-corrected chi connectivity index (χ0v) is 9.31. The smallest absolute Gasteiger partial charge is 0.138 e. The molecule has 1 aromatic carbocycles. The zero-order chi connectivity index (χ0) is 10.8. The summed E-state index contributed by atoms with van der Waals surface area (Å²) in [4.78, 5) is 14.0. The topological polar surface area (TPSA) is 20.3 Å². The number of ketones is 1. The standard InChI is InChI=1S/C13H17NO/c1-10-12(15)8-9-14(2)13(10)11-6-4-3-5-7-11/h3-7,10,13H,8-9H2,1-2H3. The second-order valence-electron chi connectivity index (χ2n) is 4.34. The summed E-state index contributed by atoms with van der Waals surface area (Å²) in [7, 11) is 2.10. The summed E-state index contributed by atoms with van der Waals surface area (Å²) in [5.74, 6) is 0.508. The Labute approximate surface area is 90.9 Å². The second kappa shape index (κ2) is 4.15. The van der Waals surface area contributed by atoms with Gasteiger partial charge in [0.15, 0.2) is 0 Å². The van der Waals surface area contributed by atoms with E-state index < -0.39 is 0 Å². The first-order chi connectivity index (χ1) is 7.20. The van der Waals surface area contributed by atoms with E-state index in [2.05, 4.69) is 24.1 Å². The molecule has 15 heavy (non-hydrogen) atoms. The summed E-state index contributed by atoms with van der Waals surface area (Å²) in [5.41, 5.74) is 1.25. The molecule has 2 unspecified atom stereocenters. The van der Waals surface area contributed by atoms with E-state index >= 15 is 0 Å². The number of carbonyl (C=O) groups excluding carboxylic acids is 1. The Bertz CT molecular complexity index is 347. The van der Waals surface area contributed by atoms with Gasteiger partial charge in [0.25, 0.3) is 0 Å². The van der Waals surface area contributed by atoms with Crippen LogP contribution in [0.4, 0.5) is 0 Å². The number of hydrogen-bond donors (Lipinski definition) is 0. The molecule has 2 rings (SSSR count). The minimum atomic E-state index is 0.117. The molecule has 0 aliphatic carbocycles. The third-order valence-corrected chi connectivity index (χ3v) is 3.31. The van der Waals surface area contributed by atoms with E-state index in [1.807, 2.05) is 25.1 Å². The van der Waals surface area contributed by atoms with E-state index in [1.54, 1.807) is 0 Å². The lowest BCUT2D eigenvalue weighted by Gasteiger charge is -2.36. The molecule has 1 fully saturated rings. The molecule has 0 spiro atoms. The van der Waals surface area contributed by atoms with E-state index in [9.17, 15) is 4.79 Å². The molecule has 80 valence electrons. The summed E-state index contributed by atoms with van der Waals surface area (Å²) in [6.45, 7) is 2.92. The predicted molar refractivity (Wildman–Crippen MR) is 60.6 cm³/mol. The third-order valence-electron chi connectivity index (χ3n) is 3.31. The first-order valence-electron chi connectivity index (χ1n) is 5.48. The van der Waals surface area contributed by atoms with Crippen molar-refractivity contribution in [2.45, 2.75) is 19.4 Å². The van der Waals surface area contributed by atoms with Crippen molar-refractivity contribution in [2.75, 3.05) is 13.6 Å². The Morgan fingerprint density at radius 1 is 1.27 bits per heavy atom. The molecule has 1 saturated heterocycles. The highest BCUT2D eigenvalue weighted by Gasteiger charge is 2.32. The zero-order valence-electron chi connectivity index (χ0n) is 9.31. The van der Waals surface area contributed by atoms with E-state index in [0.29, 0.717) is 12.2 Å². The lowest BCUT2D eigenvalue weighted by molar-refractivity contribution is -0.127. The minimum Gasteiger partial charge on any atom is -0.299 e. The number of rotatable bonds is 1. The maximum atomic E-state index is 11.7. The van der Waals surface area contributed by atoms with Gasteiger partial charge in [-0.1, -0.05) is 37.3 Å². The van der Waals surface area contributed by atoms with Gasteiger partial charge in [-0.05, 0) is 12.6 Å². The summed E-state index contributed by atoms with van der Waals surface area (Å²) in [6, 6.07) is 10.6. The Hall–Kier alpha value is -1.15. The number of benzene rings is 1. The predicted octanol–water partition coefficient (Wildman–Crippen LogP) is 2.27. The number of carbonyl (C=O) groups is 1. The molecule has 1 aromatic rings. The molecule has 1 aliphatic heterocycles. The first-order valence-corrected chi connectivity index (χ1v) is 5.48. The monoisotopic (exact) mass is 203 g/mol. The van der Waals surface area contributed by atoms with Gasteiger partial charge in [0, 0.05) is 24.9 Å². The van der Waals surface area contributed by atoms with E-state index in [1.165, 1.54) is 5.56 Å². The molecule has 0 amide bonds. The van der Waals surface area contributed by atoms with E-state index in [0.717, 1.165) is 6.54 Å². The number of piperidine rings is 1. The van der Waals surface area contributed by atoms with Crippen molar-refractivity contribution in [3.05, 3.63) is 35.9 Å². The highest BCUT2D eigenvalue weighted by molar-refractivity contribution is 5.82. The molecule has 1 aliphatic rings. The van der Waals surface area contributed by atoms with Crippen LogP contribution in [0.15, 0.2) is 30.3 Å². The molecule has 2 heteroatoms. The van der Waals surface area contributed by atoms with E-state index in [4.69, 9.17) is 0 Å². The molecule has 2 atom stereocenters. The van der Waals surface area contributed by atoms with Crippen LogP contribution in [0.3, 0.4) is 0 Å². The Morgan fingerprint density at radius 2 is 1.93 bits per heavy atom. The maximum absolute atomic E-state index is 11.7. The van der Waals surface area contributed by atoms with Crippen LogP contribution >= 0.6 is 0 Å². The highest BCUT2D eigenvalue weighted by Crippen LogP contribution is 2.32. The van der Waals surface area contributed by atoms with Gasteiger partial charge in [0.1, 0.15) is 5.78 Å². The average Bonchev–Trinajstić information content (AvgIpc) is 2.26. The normalized spacial score (nSPS) is 28.0. The number of nitrogens with zero attached hydrogens (tertiary/aromatic N) is 1. The van der Waals surface area contributed by atoms with Gasteiger partial charge in [-0.15, -0.1) is 0 Å². The maximum Gasteiger partial charge on any atom is 0.138 e. The van der Waals surface area contributed by atoms with E-state index in [-0.39, 0.29) is 12.0 Å². The quantitative estimate of drug-likeness (QED) is 0.698. The van der Waals surface area contributed by atoms with Gasteiger partial charge < -0.3 is 0 Å². The van der Waals surface area contributed by atoms with Crippen LogP contribution in [0.1, 0.15) is 24.9 Å². The Kier molecular flexibility index (Phi) is 2.87. The van der Waals surface area contributed by atoms with Gasteiger partial charge in [-0.2, -0.15) is 0 Å². The number of Topliss-reactive ketones (excluding diaryl/α,β-unsaturated/α-hetero) is 1. The van der Waals surface area contributed by atoms with Crippen LogP contribution < -0.4 is 0 Å². The number of likely N-dealkylation sites (tertiary alicyclic amines) is 1. The average molecular weight is 203 g/mol. The molecule has 0 radical (unpaired) electrons. The molecule has 1 heterocycles. The molecule has 0 saturated carbocycles. The van der Waals surface area contributed by atoms with Gasteiger partial charge >= 0.3 is 0 Å². The Morgan fingerprint density at radius 3 is 2.60 bits per heavy atom. The molecular weight excluding hydrogens is 186 g/mol. The van der Waals surface area contributed by atoms with Crippen molar-refractivity contribution in [3.63, 3.8) is 0 Å². The van der Waals surface area contributed by atoms with Crippen molar-refractivity contribution < 1.29 is 4.79 Å². The van der Waals surface area contributed by atoms with Gasteiger partial charge in [-0.25, -0.2) is 0 Å². The Balaban J connectivity index is 2.29. The second-order valence-corrected chi connectivity index (χ2v) is 4.34. The fourth-order valence-corrected chi connectivity index (χ4v) is 2.40. The summed E-state index contributed by atoms with van der Waals surface area (Å²) < 4.78 is 0. The summed E-state index contributed by atoms with van der Waals surface area (Å²) in [5, 5.41) is 0. The fourth-order valence-electron chi connectivity index (χ4n) is 2.40. The highest BCUT2D eigenvalue weighted by atomic mass is 16.1. The minimum absolute atomic E-state index is 0.117. The third kappa shape index (κ3) is 1.95. The van der Waals surface area contributed by atoms with Gasteiger partial charge in [-0.3, -0.25) is 9.69 Å². The SMILES string of the molecule is CC1C(=O)CCN(C)C1c1ccccc1. The lowest BCUT2D eigenvalue weighted by atomic mass is 9.85. The summed E-state index contributed by atoms with van der Waals surface area (Å²) >= 11 is 0. The van der Waals surface area contributed by atoms with Crippen LogP contribution in [-0.2, 0) is 4.79 Å². The summed E-state index contributed by atoms with van der Waals surface area (Å²) in [6.07, 6.45) is 0.695. The van der Waals surface area contributed by atoms with Crippen molar-refractivity contribution in [2.24, 2.45) is 5.92 Å². The largest absolute Gasteiger partial charge is 0.299 e. The molecule has 2 nitrogen and oxygen atoms in total. The fraction of sp³-hybridized carbons (Fsp3) is 0.462. The lowest BCUT2D eigenvalue weighted by Crippen LogP contribution is -2.40. The van der Waals surface area contributed by atoms with Crippen molar-refractivity contribution in [3.8, 4) is 0 Å². The molecular formula is C13H17NO. The van der Waals surface area contributed by atoms with Crippen LogP contribution in [0, 0.1) is 5.92 Å². The van der Waals surface area contributed by atoms with Crippen LogP contribution in [-0.4, -0.2) is 24.3 Å². The molecule has 0 aromatic heterocycles. The van der Waals surface area contributed by atoms with Crippen molar-refractivity contribution in [1.29, 1.82) is 0 Å². The van der Waals surface area contributed by atoms with Crippen LogP contribution in [0.2, 0.25) is 0 Å². The molecule has 0 N–H and O–H groups in total. The van der Waals surface area contributed by atoms with Crippen molar-refractivity contribution >= 4 is 5.78 Å². The number of hydrogen-bond acceptors (Lipinski definition) is 2. The molecule has 0 bridgehead atoms. The first kappa shape index (κ1) is 10.4. The van der Waals surface area contributed by atoms with Gasteiger partial charge in [0.05, 0.1) is 0 Å².